The van der Waals surface area contributed by atoms with Gasteiger partial charge in [-0.15, -0.1) is 0 Å². The summed E-state index contributed by atoms with van der Waals surface area (Å²) in [5.41, 5.74) is 1.87. The number of H-pyrrole nitrogens is 1. The second kappa shape index (κ2) is 16.1. The van der Waals surface area contributed by atoms with Crippen LogP contribution >= 0.6 is 0 Å². The minimum Gasteiger partial charge on any atom is -0.493 e. The van der Waals surface area contributed by atoms with Gasteiger partial charge in [0.1, 0.15) is 24.4 Å². The zero-order valence-corrected chi connectivity index (χ0v) is 25.8. The molecule has 13 nitrogen and oxygen atoms in total. The Labute approximate surface area is 262 Å². The SMILES string of the molecule is CCOc1ccc(CCCNC(=O)[C@@H]2CC(=O)N[C@@H](Cc3cnc[nH]3)C(=O)N(C)CCOc3ccccc3C(=O)N2)cc1OC. The molecule has 2 heterocycles. The van der Waals surface area contributed by atoms with Crippen molar-refractivity contribution >= 4 is 23.6 Å². The van der Waals surface area contributed by atoms with Gasteiger partial charge in [0.15, 0.2) is 11.5 Å². The second-order valence-corrected chi connectivity index (χ2v) is 10.5. The van der Waals surface area contributed by atoms with Gasteiger partial charge in [-0.1, -0.05) is 18.2 Å². The van der Waals surface area contributed by atoms with Gasteiger partial charge in [0.2, 0.25) is 17.7 Å². The lowest BCUT2D eigenvalue weighted by molar-refractivity contribution is -0.136. The quantitative estimate of drug-likeness (QED) is 0.249. The van der Waals surface area contributed by atoms with E-state index in [0.717, 1.165) is 5.56 Å². The molecule has 0 unspecified atom stereocenters. The van der Waals surface area contributed by atoms with Crippen molar-refractivity contribution < 1.29 is 33.4 Å². The molecule has 4 rings (SSSR count). The summed E-state index contributed by atoms with van der Waals surface area (Å²) >= 11 is 0. The number of aromatic nitrogens is 2. The van der Waals surface area contributed by atoms with E-state index in [0.29, 0.717) is 48.9 Å². The molecule has 240 valence electrons. The van der Waals surface area contributed by atoms with Crippen molar-refractivity contribution in [1.82, 2.24) is 30.8 Å². The zero-order valence-electron chi connectivity index (χ0n) is 25.8. The fraction of sp³-hybridized carbons (Fsp3) is 0.406. The lowest BCUT2D eigenvalue weighted by Crippen LogP contribution is -2.53. The van der Waals surface area contributed by atoms with E-state index < -0.39 is 29.8 Å². The number of imidazole rings is 1. The van der Waals surface area contributed by atoms with Crippen molar-refractivity contribution in [1.29, 1.82) is 0 Å². The summed E-state index contributed by atoms with van der Waals surface area (Å²) in [6.07, 6.45) is 4.09. The highest BCUT2D eigenvalue weighted by Gasteiger charge is 2.30. The normalized spacial score (nSPS) is 17.7. The van der Waals surface area contributed by atoms with Crippen LogP contribution in [0.4, 0.5) is 0 Å². The van der Waals surface area contributed by atoms with Crippen LogP contribution < -0.4 is 30.2 Å². The number of hydrogen-bond acceptors (Lipinski definition) is 8. The molecule has 0 aliphatic carbocycles. The summed E-state index contributed by atoms with van der Waals surface area (Å²) in [4.78, 5) is 61.7. The third kappa shape index (κ3) is 9.21. The van der Waals surface area contributed by atoms with Crippen molar-refractivity contribution in [3.63, 3.8) is 0 Å². The number of aromatic amines is 1. The van der Waals surface area contributed by atoms with E-state index in [9.17, 15) is 19.2 Å². The number of hydrogen-bond donors (Lipinski definition) is 4. The van der Waals surface area contributed by atoms with Crippen LogP contribution in [0.25, 0.3) is 0 Å². The summed E-state index contributed by atoms with van der Waals surface area (Å²) < 4.78 is 16.9. The molecule has 0 spiro atoms. The monoisotopic (exact) mass is 620 g/mol. The first-order valence-electron chi connectivity index (χ1n) is 14.9. The van der Waals surface area contributed by atoms with Gasteiger partial charge in [-0.25, -0.2) is 4.98 Å². The first-order chi connectivity index (χ1) is 21.8. The molecule has 2 atom stereocenters. The number of amides is 4. The van der Waals surface area contributed by atoms with Gasteiger partial charge in [-0.3, -0.25) is 19.2 Å². The number of benzene rings is 2. The first kappa shape index (κ1) is 32.8. The highest BCUT2D eigenvalue weighted by atomic mass is 16.5. The summed E-state index contributed by atoms with van der Waals surface area (Å²) in [6.45, 7) is 3.05. The van der Waals surface area contributed by atoms with Crippen LogP contribution in [0.3, 0.4) is 0 Å². The minimum absolute atomic E-state index is 0.113. The molecule has 0 fully saturated rings. The molecule has 0 bridgehead atoms. The number of ether oxygens (including phenoxy) is 3. The number of likely N-dealkylation sites (N-methyl/N-ethyl adjacent to an activating group) is 1. The van der Waals surface area contributed by atoms with Crippen LogP contribution in [0.2, 0.25) is 0 Å². The topological polar surface area (TPSA) is 164 Å². The Bertz CT molecular complexity index is 1460. The number of aryl methyl sites for hydroxylation is 1. The van der Waals surface area contributed by atoms with Gasteiger partial charge in [0, 0.05) is 31.9 Å². The number of carbonyl (C=O) groups excluding carboxylic acids is 4. The first-order valence-corrected chi connectivity index (χ1v) is 14.9. The lowest BCUT2D eigenvalue weighted by atomic mass is 10.1. The van der Waals surface area contributed by atoms with Crippen LogP contribution in [0, 0.1) is 0 Å². The number of para-hydroxylation sites is 1. The van der Waals surface area contributed by atoms with Crippen molar-refractivity contribution in [3.8, 4) is 17.2 Å². The number of nitrogens with one attached hydrogen (secondary N) is 4. The predicted octanol–water partition coefficient (Wildman–Crippen LogP) is 1.63. The van der Waals surface area contributed by atoms with Crippen molar-refractivity contribution in [2.45, 2.75) is 44.7 Å². The Morgan fingerprint density at radius 3 is 2.71 bits per heavy atom. The molecule has 1 aliphatic heterocycles. The van der Waals surface area contributed by atoms with E-state index in [1.165, 1.54) is 11.2 Å². The maximum Gasteiger partial charge on any atom is 0.255 e. The maximum absolute atomic E-state index is 13.4. The van der Waals surface area contributed by atoms with Crippen molar-refractivity contribution in [2.24, 2.45) is 0 Å². The molecule has 1 aromatic heterocycles. The molecule has 3 aromatic rings. The van der Waals surface area contributed by atoms with E-state index >= 15 is 0 Å². The fourth-order valence-electron chi connectivity index (χ4n) is 4.92. The Kier molecular flexibility index (Phi) is 11.8. The molecule has 0 saturated carbocycles. The number of fused-ring (bicyclic) bond motifs is 1. The third-order valence-electron chi connectivity index (χ3n) is 7.29. The molecule has 0 saturated heterocycles. The predicted molar refractivity (Wildman–Crippen MR) is 165 cm³/mol. The van der Waals surface area contributed by atoms with E-state index in [-0.39, 0.29) is 37.5 Å². The summed E-state index contributed by atoms with van der Waals surface area (Å²) in [6, 6.07) is 10.2. The molecule has 13 heteroatoms. The van der Waals surface area contributed by atoms with E-state index in [1.807, 2.05) is 25.1 Å². The van der Waals surface area contributed by atoms with E-state index in [4.69, 9.17) is 14.2 Å². The van der Waals surface area contributed by atoms with Crippen molar-refractivity contribution in [3.05, 3.63) is 71.8 Å². The van der Waals surface area contributed by atoms with Gasteiger partial charge in [0.25, 0.3) is 5.91 Å². The molecular formula is C32H40N6O7. The van der Waals surface area contributed by atoms with Crippen molar-refractivity contribution in [2.75, 3.05) is 40.5 Å². The Morgan fingerprint density at radius 2 is 1.96 bits per heavy atom. The summed E-state index contributed by atoms with van der Waals surface area (Å²) in [5.74, 6) is -0.389. The fourth-order valence-corrected chi connectivity index (χ4v) is 4.92. The molecule has 0 radical (unpaired) electrons. The smallest absolute Gasteiger partial charge is 0.255 e. The molecule has 4 amide bonds. The van der Waals surface area contributed by atoms with E-state index in [1.54, 1.807) is 44.6 Å². The highest BCUT2D eigenvalue weighted by Crippen LogP contribution is 2.28. The molecular weight excluding hydrogens is 580 g/mol. The molecule has 45 heavy (non-hydrogen) atoms. The summed E-state index contributed by atoms with van der Waals surface area (Å²) in [5, 5.41) is 8.28. The number of nitrogens with zero attached hydrogens (tertiary/aromatic N) is 2. The van der Waals surface area contributed by atoms with Gasteiger partial charge < -0.3 is 40.0 Å². The second-order valence-electron chi connectivity index (χ2n) is 10.5. The van der Waals surface area contributed by atoms with Crippen LogP contribution in [-0.4, -0.2) is 91.0 Å². The average molecular weight is 621 g/mol. The number of carbonyl (C=O) groups is 4. The molecule has 1 aliphatic rings. The summed E-state index contributed by atoms with van der Waals surface area (Å²) in [7, 11) is 3.19. The van der Waals surface area contributed by atoms with Gasteiger partial charge in [0.05, 0.1) is 38.6 Å². The van der Waals surface area contributed by atoms with Crippen LogP contribution in [0.5, 0.6) is 17.2 Å². The maximum atomic E-state index is 13.4. The standard InChI is InChI=1S/C32H40N6O7/c1-4-44-27-12-11-21(16-28(27)43-3)8-7-13-34-31(41)24-18-29(39)36-25(17-22-19-33-20-35-22)32(42)38(2)14-15-45-26-10-6-5-9-23(26)30(40)37-24/h5-6,9-12,16,19-20,24-25H,4,7-8,13-15,17-18H2,1-3H3,(H,33,35)(H,34,41)(H,36,39)(H,37,40)/t24-,25-/m0/s1. The lowest BCUT2D eigenvalue weighted by Gasteiger charge is -2.26. The zero-order chi connectivity index (χ0) is 32.2. The third-order valence-corrected chi connectivity index (χ3v) is 7.29. The van der Waals surface area contributed by atoms with Crippen LogP contribution in [0.1, 0.15) is 41.4 Å². The van der Waals surface area contributed by atoms with Gasteiger partial charge in [-0.2, -0.15) is 0 Å². The molecule has 2 aromatic carbocycles. The molecule has 4 N–H and O–H groups in total. The Hall–Kier alpha value is -5.07. The average Bonchev–Trinajstić information content (AvgIpc) is 3.55. The Balaban J connectivity index is 1.47. The minimum atomic E-state index is -1.21. The number of methoxy groups -OCH3 is 1. The van der Waals surface area contributed by atoms with Crippen LogP contribution in [0.15, 0.2) is 55.0 Å². The van der Waals surface area contributed by atoms with E-state index in [2.05, 4.69) is 25.9 Å². The van der Waals surface area contributed by atoms with Gasteiger partial charge in [-0.05, 0) is 49.6 Å². The Morgan fingerprint density at radius 1 is 1.13 bits per heavy atom. The van der Waals surface area contributed by atoms with Crippen LogP contribution in [-0.2, 0) is 27.2 Å². The highest BCUT2D eigenvalue weighted by molar-refractivity contribution is 6.01. The largest absolute Gasteiger partial charge is 0.493 e. The van der Waals surface area contributed by atoms with Gasteiger partial charge >= 0.3 is 0 Å². The number of rotatable bonds is 10.